The highest BCUT2D eigenvalue weighted by Gasteiger charge is 2.28. The number of aliphatic hydroxyl groups excluding tert-OH is 2. The van der Waals surface area contributed by atoms with Gasteiger partial charge in [-0.1, -0.05) is 134 Å². The smallest absolute Gasteiger partial charge is 0.462 e. The van der Waals surface area contributed by atoms with Gasteiger partial charge in [0, 0.05) is 12.8 Å². The van der Waals surface area contributed by atoms with Crippen LogP contribution in [0, 0.1) is 5.92 Å². The number of hydrogen-bond acceptors (Lipinski definition) is 11. The maximum absolute atomic E-state index is 12.6. The van der Waals surface area contributed by atoms with Gasteiger partial charge in [0.25, 0.3) is 0 Å². The van der Waals surface area contributed by atoms with Crippen molar-refractivity contribution in [3.63, 3.8) is 0 Å². The van der Waals surface area contributed by atoms with Gasteiger partial charge in [-0.15, -0.1) is 0 Å². The number of aliphatic hydroxyl groups is 2. The van der Waals surface area contributed by atoms with Gasteiger partial charge in [0.2, 0.25) is 0 Å². The van der Waals surface area contributed by atoms with Crippen LogP contribution in [0.25, 0.3) is 0 Å². The highest BCUT2D eigenvalue weighted by atomic mass is 31.2. The molecular formula is C39H72O14P2. The van der Waals surface area contributed by atoms with E-state index < -0.39 is 72.3 Å². The first-order valence-electron chi connectivity index (χ1n) is 20.2. The third-order valence-corrected chi connectivity index (χ3v) is 10.1. The summed E-state index contributed by atoms with van der Waals surface area (Å²) in [5, 5.41) is 19.9. The van der Waals surface area contributed by atoms with E-state index in [0.29, 0.717) is 19.3 Å². The number of rotatable bonds is 37. The van der Waals surface area contributed by atoms with Crippen LogP contribution in [0.15, 0.2) is 36.5 Å². The van der Waals surface area contributed by atoms with Crippen molar-refractivity contribution in [2.75, 3.05) is 26.4 Å². The molecule has 0 heterocycles. The number of ether oxygens (including phenoxy) is 2. The Balaban J connectivity index is 4.72. The topological polar surface area (TPSA) is 216 Å². The fourth-order valence-corrected chi connectivity index (χ4v) is 6.31. The van der Waals surface area contributed by atoms with Crippen molar-refractivity contribution in [1.82, 2.24) is 0 Å². The Hall–Kier alpha value is -1.70. The predicted molar refractivity (Wildman–Crippen MR) is 213 cm³/mol. The molecule has 0 bridgehead atoms. The molecule has 0 spiro atoms. The molecule has 5 atom stereocenters. The average molecular weight is 827 g/mol. The first-order valence-corrected chi connectivity index (χ1v) is 23.2. The summed E-state index contributed by atoms with van der Waals surface area (Å²) >= 11 is 0. The van der Waals surface area contributed by atoms with Crippen LogP contribution in [0.4, 0.5) is 0 Å². The summed E-state index contributed by atoms with van der Waals surface area (Å²) in [6, 6.07) is 0. The van der Waals surface area contributed by atoms with Crippen LogP contribution < -0.4 is 0 Å². The highest BCUT2D eigenvalue weighted by molar-refractivity contribution is 7.47. The summed E-state index contributed by atoms with van der Waals surface area (Å²) in [5.41, 5.74) is 0. The molecule has 0 aromatic carbocycles. The number of esters is 2. The largest absolute Gasteiger partial charge is 0.472 e. The summed E-state index contributed by atoms with van der Waals surface area (Å²) in [7, 11) is -9.72. The Morgan fingerprint density at radius 2 is 1.27 bits per heavy atom. The van der Waals surface area contributed by atoms with Crippen molar-refractivity contribution in [1.29, 1.82) is 0 Å². The lowest BCUT2D eigenvalue weighted by Gasteiger charge is -2.20. The van der Waals surface area contributed by atoms with E-state index in [1.54, 1.807) is 12.2 Å². The Bertz CT molecular complexity index is 1160. The molecule has 0 amide bonds. The van der Waals surface area contributed by atoms with E-state index in [-0.39, 0.29) is 12.8 Å². The van der Waals surface area contributed by atoms with E-state index >= 15 is 0 Å². The van der Waals surface area contributed by atoms with Crippen LogP contribution >= 0.6 is 15.6 Å². The van der Waals surface area contributed by atoms with Gasteiger partial charge in [-0.2, -0.15) is 0 Å². The number of hydrogen-bond donors (Lipinski definition) is 5. The second-order valence-electron chi connectivity index (χ2n) is 14.0. The summed E-state index contributed by atoms with van der Waals surface area (Å²) in [5.74, 6) is -0.507. The highest BCUT2D eigenvalue weighted by Crippen LogP contribution is 2.43. The standard InChI is InChI=1S/C39H72O14P2/c1-4-6-7-8-9-10-11-12-13-14-15-19-22-26-35(40)27-24-29-38(42)49-32-37(33-52-55(47,48)51-31-36(41)30-50-54(44,45)46)53-39(43)28-23-20-17-16-18-21-25-34(3)5-2/h12-13,15,19,22,26,34-37,40-41H,4-11,14,16-18,20-21,23-25,27-33H2,1-3H3,(H,47,48)(H2,44,45,46)/b13-12+,19-15+,26-22+/t34?,35?,36-,37+/m0/s1. The zero-order valence-electron chi connectivity index (χ0n) is 33.5. The average Bonchev–Trinajstić information content (AvgIpc) is 3.13. The first-order chi connectivity index (χ1) is 26.2. The molecule has 14 nitrogen and oxygen atoms in total. The predicted octanol–water partition coefficient (Wildman–Crippen LogP) is 8.55. The fourth-order valence-electron chi connectivity index (χ4n) is 5.15. The number of allylic oxidation sites excluding steroid dienone is 5. The van der Waals surface area contributed by atoms with Crippen LogP contribution in [0.5, 0.6) is 0 Å². The van der Waals surface area contributed by atoms with Crippen LogP contribution in [0.2, 0.25) is 0 Å². The molecule has 0 saturated heterocycles. The van der Waals surface area contributed by atoms with Gasteiger partial charge >= 0.3 is 27.6 Å². The van der Waals surface area contributed by atoms with Gasteiger partial charge < -0.3 is 34.4 Å². The second kappa shape index (κ2) is 34.4. The van der Waals surface area contributed by atoms with Gasteiger partial charge in [-0.05, 0) is 44.4 Å². The zero-order valence-corrected chi connectivity index (χ0v) is 35.3. The zero-order chi connectivity index (χ0) is 41.2. The quantitative estimate of drug-likeness (QED) is 0.0130. The van der Waals surface area contributed by atoms with Gasteiger partial charge in [0.05, 0.1) is 25.9 Å². The third kappa shape index (κ3) is 37.6. The van der Waals surface area contributed by atoms with E-state index in [2.05, 4.69) is 42.0 Å². The molecule has 0 aliphatic carbocycles. The third-order valence-electron chi connectivity index (χ3n) is 8.67. The van der Waals surface area contributed by atoms with E-state index in [1.165, 1.54) is 57.8 Å². The van der Waals surface area contributed by atoms with E-state index in [1.807, 2.05) is 12.2 Å². The number of phosphoric ester groups is 2. The van der Waals surface area contributed by atoms with Gasteiger partial charge in [0.15, 0.2) is 6.10 Å². The van der Waals surface area contributed by atoms with Crippen LogP contribution in [0.3, 0.4) is 0 Å². The Kier molecular flexibility index (Phi) is 33.3. The van der Waals surface area contributed by atoms with Crippen molar-refractivity contribution < 1.29 is 66.7 Å². The molecule has 5 N–H and O–H groups in total. The van der Waals surface area contributed by atoms with Crippen LogP contribution in [-0.4, -0.2) is 81.6 Å². The molecule has 0 radical (unpaired) electrons. The Labute approximate surface area is 329 Å². The van der Waals surface area contributed by atoms with Gasteiger partial charge in [-0.3, -0.25) is 23.2 Å². The summed E-state index contributed by atoms with van der Waals surface area (Å²) in [4.78, 5) is 52.5. The molecule has 0 aliphatic heterocycles. The van der Waals surface area contributed by atoms with Crippen LogP contribution in [0.1, 0.15) is 149 Å². The lowest BCUT2D eigenvalue weighted by molar-refractivity contribution is -0.161. The lowest BCUT2D eigenvalue weighted by Crippen LogP contribution is -2.30. The summed E-state index contributed by atoms with van der Waals surface area (Å²) in [6.45, 7) is 3.75. The minimum Gasteiger partial charge on any atom is -0.462 e. The minimum absolute atomic E-state index is 0.0286. The maximum Gasteiger partial charge on any atom is 0.472 e. The van der Waals surface area contributed by atoms with E-state index in [0.717, 1.165) is 44.4 Å². The number of phosphoric acid groups is 2. The minimum atomic E-state index is -4.88. The monoisotopic (exact) mass is 826 g/mol. The summed E-state index contributed by atoms with van der Waals surface area (Å²) < 4.78 is 47.4. The molecule has 0 aromatic rings. The Morgan fingerprint density at radius 3 is 1.96 bits per heavy atom. The summed E-state index contributed by atoms with van der Waals surface area (Å²) in [6.07, 6.45) is 26.4. The van der Waals surface area contributed by atoms with E-state index in [4.69, 9.17) is 23.8 Å². The Morgan fingerprint density at radius 1 is 0.655 bits per heavy atom. The molecule has 0 aliphatic rings. The fraction of sp³-hybridized carbons (Fsp3) is 0.795. The van der Waals surface area contributed by atoms with Gasteiger partial charge in [0.1, 0.15) is 12.7 Å². The number of unbranched alkanes of at least 4 members (excludes halogenated alkanes) is 11. The second-order valence-corrected chi connectivity index (χ2v) is 16.7. The molecule has 0 fully saturated rings. The van der Waals surface area contributed by atoms with E-state index in [9.17, 15) is 33.8 Å². The molecule has 3 unspecified atom stereocenters. The molecular weight excluding hydrogens is 754 g/mol. The van der Waals surface area contributed by atoms with Crippen molar-refractivity contribution >= 4 is 27.6 Å². The molecule has 0 aromatic heterocycles. The molecule has 0 saturated carbocycles. The molecule has 16 heteroatoms. The lowest BCUT2D eigenvalue weighted by atomic mass is 10.00. The SMILES string of the molecule is CCCCCCCC/C=C/C/C=C/C=C/C(O)CCCC(=O)OC[C@H](COP(=O)(O)OC[C@@H](O)COP(=O)(O)O)OC(=O)CCCCCCCCC(C)CC. The molecule has 322 valence electrons. The number of carbonyl (C=O) groups is 2. The molecule has 55 heavy (non-hydrogen) atoms. The normalized spacial score (nSPS) is 15.7. The van der Waals surface area contributed by atoms with Crippen molar-refractivity contribution in [3.8, 4) is 0 Å². The number of carbonyl (C=O) groups excluding carboxylic acids is 2. The maximum atomic E-state index is 12.6. The van der Waals surface area contributed by atoms with Crippen molar-refractivity contribution in [2.45, 2.75) is 167 Å². The molecule has 0 rings (SSSR count). The van der Waals surface area contributed by atoms with Crippen LogP contribution in [-0.2, 0) is 41.8 Å². The van der Waals surface area contributed by atoms with Crippen molar-refractivity contribution in [3.05, 3.63) is 36.5 Å². The first kappa shape index (κ1) is 53.3. The van der Waals surface area contributed by atoms with Gasteiger partial charge in [-0.25, -0.2) is 9.13 Å². The van der Waals surface area contributed by atoms with Crippen molar-refractivity contribution in [2.24, 2.45) is 5.92 Å².